The normalized spacial score (nSPS) is 17.3. The van der Waals surface area contributed by atoms with Crippen molar-refractivity contribution in [2.75, 3.05) is 26.2 Å². The number of hydrogen-bond acceptors (Lipinski definition) is 2. The Bertz CT molecular complexity index is 455. The van der Waals surface area contributed by atoms with Crippen molar-refractivity contribution in [3.05, 3.63) is 35.1 Å². The van der Waals surface area contributed by atoms with Gasteiger partial charge in [0.1, 0.15) is 5.82 Å². The van der Waals surface area contributed by atoms with Crippen LogP contribution in [0.5, 0.6) is 0 Å². The van der Waals surface area contributed by atoms with Crippen molar-refractivity contribution in [3.8, 4) is 0 Å². The number of hydrogen-bond donors (Lipinski definition) is 1. The van der Waals surface area contributed by atoms with Crippen LogP contribution in [0.3, 0.4) is 0 Å². The molecule has 1 heterocycles. The van der Waals surface area contributed by atoms with Gasteiger partial charge in [-0.3, -0.25) is 4.79 Å². The van der Waals surface area contributed by atoms with Gasteiger partial charge in [0, 0.05) is 26.2 Å². The molecular weight excluding hydrogens is 243 g/mol. The molecule has 1 aromatic carbocycles. The van der Waals surface area contributed by atoms with Gasteiger partial charge in [-0.05, 0) is 30.5 Å². The molecule has 0 radical (unpaired) electrons. The number of carbonyl (C=O) groups is 1. The summed E-state index contributed by atoms with van der Waals surface area (Å²) < 4.78 is 13.3. The quantitative estimate of drug-likeness (QED) is 0.906. The lowest BCUT2D eigenvalue weighted by Crippen LogP contribution is -2.48. The number of nitrogens with zero attached hydrogens (tertiary/aromatic N) is 1. The average Bonchev–Trinajstić information content (AvgIpc) is 2.44. The van der Waals surface area contributed by atoms with E-state index in [2.05, 4.69) is 5.32 Å². The predicted molar refractivity (Wildman–Crippen MR) is 73.6 cm³/mol. The summed E-state index contributed by atoms with van der Waals surface area (Å²) in [6, 6.07) is 4.98. The number of aryl methyl sites for hydroxylation is 1. The average molecular weight is 264 g/mol. The van der Waals surface area contributed by atoms with Crippen molar-refractivity contribution in [2.24, 2.45) is 0 Å². The van der Waals surface area contributed by atoms with Crippen LogP contribution in [-0.4, -0.2) is 37.0 Å². The van der Waals surface area contributed by atoms with E-state index in [0.29, 0.717) is 5.56 Å². The van der Waals surface area contributed by atoms with Crippen LogP contribution in [0.25, 0.3) is 0 Å². The van der Waals surface area contributed by atoms with Crippen LogP contribution in [0.2, 0.25) is 0 Å². The van der Waals surface area contributed by atoms with E-state index in [1.807, 2.05) is 11.8 Å². The van der Waals surface area contributed by atoms with E-state index in [9.17, 15) is 9.18 Å². The van der Waals surface area contributed by atoms with Gasteiger partial charge >= 0.3 is 0 Å². The molecule has 1 fully saturated rings. The maximum absolute atomic E-state index is 13.3. The molecule has 0 aromatic heterocycles. The van der Waals surface area contributed by atoms with Gasteiger partial charge in [0.05, 0.1) is 5.92 Å². The summed E-state index contributed by atoms with van der Waals surface area (Å²) in [6.07, 6.45) is 0.744. The first-order chi connectivity index (χ1) is 9.13. The van der Waals surface area contributed by atoms with E-state index in [1.54, 1.807) is 19.1 Å². The molecule has 1 aliphatic rings. The Labute approximate surface area is 113 Å². The van der Waals surface area contributed by atoms with Crippen LogP contribution in [0.4, 0.5) is 4.39 Å². The third-order valence-electron chi connectivity index (χ3n) is 3.72. The Hall–Kier alpha value is -1.42. The first-order valence-corrected chi connectivity index (χ1v) is 6.89. The molecule has 0 saturated carbocycles. The van der Waals surface area contributed by atoms with Crippen molar-refractivity contribution in [1.82, 2.24) is 10.2 Å². The highest BCUT2D eigenvalue weighted by molar-refractivity contribution is 5.83. The zero-order chi connectivity index (χ0) is 13.8. The smallest absolute Gasteiger partial charge is 0.230 e. The highest BCUT2D eigenvalue weighted by Crippen LogP contribution is 2.24. The third-order valence-corrected chi connectivity index (χ3v) is 3.72. The second-order valence-electron chi connectivity index (χ2n) is 5.04. The minimum Gasteiger partial charge on any atom is -0.340 e. The highest BCUT2D eigenvalue weighted by Gasteiger charge is 2.25. The van der Waals surface area contributed by atoms with Crippen LogP contribution in [0, 0.1) is 12.7 Å². The van der Waals surface area contributed by atoms with Crippen LogP contribution >= 0.6 is 0 Å². The van der Waals surface area contributed by atoms with Crippen LogP contribution in [0.15, 0.2) is 18.2 Å². The summed E-state index contributed by atoms with van der Waals surface area (Å²) in [5.74, 6) is -0.208. The molecule has 1 aliphatic heterocycles. The summed E-state index contributed by atoms with van der Waals surface area (Å²) in [6.45, 7) is 6.96. The van der Waals surface area contributed by atoms with Gasteiger partial charge in [0.15, 0.2) is 0 Å². The molecule has 19 heavy (non-hydrogen) atoms. The maximum atomic E-state index is 13.3. The van der Waals surface area contributed by atoms with Crippen molar-refractivity contribution < 1.29 is 9.18 Å². The lowest BCUT2D eigenvalue weighted by molar-refractivity contribution is -0.133. The molecule has 1 amide bonds. The van der Waals surface area contributed by atoms with Gasteiger partial charge in [-0.2, -0.15) is 0 Å². The minimum atomic E-state index is -0.215. The lowest BCUT2D eigenvalue weighted by Gasteiger charge is -2.31. The van der Waals surface area contributed by atoms with Crippen molar-refractivity contribution in [3.63, 3.8) is 0 Å². The number of amides is 1. The summed E-state index contributed by atoms with van der Waals surface area (Å²) in [4.78, 5) is 14.4. The zero-order valence-electron chi connectivity index (χ0n) is 11.6. The number of carbonyl (C=O) groups excluding carboxylic acids is 1. The number of nitrogens with one attached hydrogen (secondary N) is 1. The number of rotatable bonds is 3. The molecule has 0 spiro atoms. The monoisotopic (exact) mass is 264 g/mol. The van der Waals surface area contributed by atoms with E-state index in [4.69, 9.17) is 0 Å². The molecule has 104 valence electrons. The van der Waals surface area contributed by atoms with Crippen LogP contribution in [0.1, 0.15) is 30.4 Å². The Balaban J connectivity index is 2.18. The Morgan fingerprint density at radius 2 is 2.11 bits per heavy atom. The molecule has 0 bridgehead atoms. The second-order valence-corrected chi connectivity index (χ2v) is 5.04. The van der Waals surface area contributed by atoms with E-state index in [1.165, 1.54) is 6.07 Å². The van der Waals surface area contributed by atoms with Gasteiger partial charge in [-0.1, -0.05) is 19.1 Å². The van der Waals surface area contributed by atoms with Gasteiger partial charge < -0.3 is 10.2 Å². The molecule has 1 saturated heterocycles. The molecule has 4 heteroatoms. The summed E-state index contributed by atoms with van der Waals surface area (Å²) >= 11 is 0. The molecule has 1 aromatic rings. The van der Waals surface area contributed by atoms with E-state index in [-0.39, 0.29) is 17.6 Å². The largest absolute Gasteiger partial charge is 0.340 e. The van der Waals surface area contributed by atoms with Crippen molar-refractivity contribution >= 4 is 5.91 Å². The van der Waals surface area contributed by atoms with Crippen LogP contribution < -0.4 is 5.32 Å². The summed E-state index contributed by atoms with van der Waals surface area (Å²) in [7, 11) is 0. The molecule has 1 unspecified atom stereocenters. The minimum absolute atomic E-state index is 0.155. The Morgan fingerprint density at radius 1 is 1.42 bits per heavy atom. The Kier molecular flexibility index (Phi) is 4.53. The first kappa shape index (κ1) is 14.0. The van der Waals surface area contributed by atoms with Crippen molar-refractivity contribution in [1.29, 1.82) is 0 Å². The third kappa shape index (κ3) is 3.13. The molecule has 0 aliphatic carbocycles. The zero-order valence-corrected chi connectivity index (χ0v) is 11.6. The molecule has 1 atom stereocenters. The van der Waals surface area contributed by atoms with E-state index < -0.39 is 0 Å². The fraction of sp³-hybridized carbons (Fsp3) is 0.533. The standard InChI is InChI=1S/C15H21FN2O/c1-3-13(12-4-5-14(16)11(2)10-12)15(19)18-8-6-17-7-9-18/h4-5,10,13,17H,3,6-9H2,1-2H3. The Morgan fingerprint density at radius 3 is 2.68 bits per heavy atom. The number of halogens is 1. The second kappa shape index (κ2) is 6.15. The van der Waals surface area contributed by atoms with E-state index in [0.717, 1.165) is 38.2 Å². The molecular formula is C15H21FN2O. The summed E-state index contributed by atoms with van der Waals surface area (Å²) in [5.41, 5.74) is 1.52. The van der Waals surface area contributed by atoms with Gasteiger partial charge in [0.2, 0.25) is 5.91 Å². The molecule has 2 rings (SSSR count). The maximum Gasteiger partial charge on any atom is 0.230 e. The van der Waals surface area contributed by atoms with E-state index >= 15 is 0 Å². The number of piperazine rings is 1. The summed E-state index contributed by atoms with van der Waals surface area (Å²) in [5, 5.41) is 3.24. The van der Waals surface area contributed by atoms with Gasteiger partial charge in [-0.15, -0.1) is 0 Å². The number of benzene rings is 1. The molecule has 1 N–H and O–H groups in total. The molecule has 3 nitrogen and oxygen atoms in total. The van der Waals surface area contributed by atoms with Gasteiger partial charge in [0.25, 0.3) is 0 Å². The highest BCUT2D eigenvalue weighted by atomic mass is 19.1. The first-order valence-electron chi connectivity index (χ1n) is 6.89. The SMILES string of the molecule is CCC(C(=O)N1CCNCC1)c1ccc(F)c(C)c1. The lowest BCUT2D eigenvalue weighted by atomic mass is 9.93. The topological polar surface area (TPSA) is 32.3 Å². The van der Waals surface area contributed by atoms with Gasteiger partial charge in [-0.25, -0.2) is 4.39 Å². The fourth-order valence-electron chi connectivity index (χ4n) is 2.54. The van der Waals surface area contributed by atoms with Crippen molar-refractivity contribution in [2.45, 2.75) is 26.2 Å². The predicted octanol–water partition coefficient (Wildman–Crippen LogP) is 2.06. The van der Waals surface area contributed by atoms with Crippen LogP contribution in [-0.2, 0) is 4.79 Å². The fourth-order valence-corrected chi connectivity index (χ4v) is 2.54.